The van der Waals surface area contributed by atoms with E-state index in [0.29, 0.717) is 36.2 Å². The number of imidazole rings is 1. The van der Waals surface area contributed by atoms with Crippen LogP contribution in [0.5, 0.6) is 0 Å². The van der Waals surface area contributed by atoms with Gasteiger partial charge in [0.05, 0.1) is 12.9 Å². The average molecular weight is 431 g/mol. The van der Waals surface area contributed by atoms with Crippen molar-refractivity contribution < 1.29 is 18.0 Å². The molecule has 9 heteroatoms. The molecule has 1 aliphatic rings. The minimum Gasteiger partial charge on any atom is -0.352 e. The SMILES string of the molecule is O=C(NCCCn1ccnc1)c1cccc(Cn2nc(C(F)(F)F)c3c2CCCC3)c1. The molecule has 31 heavy (non-hydrogen) atoms. The van der Waals surface area contributed by atoms with Crippen molar-refractivity contribution in [2.45, 2.75) is 51.4 Å². The van der Waals surface area contributed by atoms with Gasteiger partial charge in [-0.3, -0.25) is 9.48 Å². The molecule has 0 bridgehead atoms. The second-order valence-electron chi connectivity index (χ2n) is 7.75. The molecule has 0 fully saturated rings. The Kier molecular flexibility index (Phi) is 6.11. The molecule has 2 heterocycles. The predicted molar refractivity (Wildman–Crippen MR) is 109 cm³/mol. The molecule has 3 aromatic rings. The van der Waals surface area contributed by atoms with E-state index >= 15 is 0 Å². The van der Waals surface area contributed by atoms with Gasteiger partial charge < -0.3 is 9.88 Å². The summed E-state index contributed by atoms with van der Waals surface area (Å²) in [5, 5.41) is 6.78. The van der Waals surface area contributed by atoms with Gasteiger partial charge in [0.2, 0.25) is 0 Å². The van der Waals surface area contributed by atoms with Crippen molar-refractivity contribution >= 4 is 5.91 Å². The topological polar surface area (TPSA) is 64.7 Å². The third-order valence-electron chi connectivity index (χ3n) is 5.48. The van der Waals surface area contributed by atoms with Crippen LogP contribution in [0.4, 0.5) is 13.2 Å². The van der Waals surface area contributed by atoms with E-state index in [1.54, 1.807) is 36.8 Å². The zero-order valence-electron chi connectivity index (χ0n) is 17.0. The monoisotopic (exact) mass is 431 g/mol. The van der Waals surface area contributed by atoms with E-state index in [9.17, 15) is 18.0 Å². The van der Waals surface area contributed by atoms with Gasteiger partial charge in [0, 0.05) is 42.3 Å². The van der Waals surface area contributed by atoms with Gasteiger partial charge in [0.15, 0.2) is 5.69 Å². The van der Waals surface area contributed by atoms with E-state index in [2.05, 4.69) is 15.4 Å². The number of aryl methyl sites for hydroxylation is 1. The smallest absolute Gasteiger partial charge is 0.352 e. The van der Waals surface area contributed by atoms with E-state index in [4.69, 9.17) is 0 Å². The standard InChI is InChI=1S/C22H24F3N5O/c23-22(24,25)20-18-7-1-2-8-19(18)30(28-20)14-16-5-3-6-17(13-16)21(31)27-9-4-11-29-12-10-26-15-29/h3,5-6,10,12-13,15H,1-2,4,7-9,11,14H2,(H,27,31). The molecule has 1 amide bonds. The van der Waals surface area contributed by atoms with Crippen LogP contribution < -0.4 is 5.32 Å². The fraction of sp³-hybridized carbons (Fsp3) is 0.409. The normalized spacial score (nSPS) is 13.8. The number of fused-ring (bicyclic) bond motifs is 1. The molecule has 0 unspecified atom stereocenters. The van der Waals surface area contributed by atoms with Gasteiger partial charge in [0.25, 0.3) is 5.91 Å². The average Bonchev–Trinajstić information content (AvgIpc) is 3.39. The molecule has 1 aliphatic carbocycles. The molecule has 0 saturated heterocycles. The lowest BCUT2D eigenvalue weighted by Gasteiger charge is -2.15. The number of rotatable bonds is 7. The third kappa shape index (κ3) is 4.98. The van der Waals surface area contributed by atoms with Gasteiger partial charge in [-0.15, -0.1) is 0 Å². The number of benzene rings is 1. The Morgan fingerprint density at radius 1 is 1.19 bits per heavy atom. The van der Waals surface area contributed by atoms with Gasteiger partial charge >= 0.3 is 6.18 Å². The van der Waals surface area contributed by atoms with E-state index in [1.807, 2.05) is 10.8 Å². The zero-order valence-corrected chi connectivity index (χ0v) is 17.0. The quantitative estimate of drug-likeness (QED) is 0.578. The minimum atomic E-state index is -4.45. The van der Waals surface area contributed by atoms with Crippen LogP contribution in [0.25, 0.3) is 0 Å². The van der Waals surface area contributed by atoms with Gasteiger partial charge in [-0.25, -0.2) is 4.98 Å². The molecule has 164 valence electrons. The van der Waals surface area contributed by atoms with Crippen molar-refractivity contribution in [1.29, 1.82) is 0 Å². The van der Waals surface area contributed by atoms with Gasteiger partial charge in [-0.2, -0.15) is 18.3 Å². The van der Waals surface area contributed by atoms with Crippen molar-refractivity contribution in [3.05, 3.63) is 71.1 Å². The van der Waals surface area contributed by atoms with Crippen molar-refractivity contribution in [2.24, 2.45) is 0 Å². The summed E-state index contributed by atoms with van der Waals surface area (Å²) in [6.07, 6.45) is 4.22. The van der Waals surface area contributed by atoms with Gasteiger partial charge in [-0.1, -0.05) is 12.1 Å². The lowest BCUT2D eigenvalue weighted by molar-refractivity contribution is -0.142. The first-order valence-electron chi connectivity index (χ1n) is 10.4. The lowest BCUT2D eigenvalue weighted by Crippen LogP contribution is -2.25. The van der Waals surface area contributed by atoms with Crippen molar-refractivity contribution in [1.82, 2.24) is 24.6 Å². The summed E-state index contributed by atoms with van der Waals surface area (Å²) in [4.78, 5) is 16.5. The molecule has 0 aliphatic heterocycles. The Labute approximate surface area is 178 Å². The molecule has 1 aromatic carbocycles. The highest BCUT2D eigenvalue weighted by Crippen LogP contribution is 2.36. The number of nitrogens with one attached hydrogen (secondary N) is 1. The van der Waals surface area contributed by atoms with Crippen LogP contribution in [0.1, 0.15) is 52.1 Å². The molecule has 0 saturated carbocycles. The summed E-state index contributed by atoms with van der Waals surface area (Å²) < 4.78 is 43.6. The van der Waals surface area contributed by atoms with E-state index in [-0.39, 0.29) is 12.5 Å². The molecular weight excluding hydrogens is 407 g/mol. The van der Waals surface area contributed by atoms with Crippen LogP contribution in [0.2, 0.25) is 0 Å². The number of amides is 1. The maximum Gasteiger partial charge on any atom is 0.435 e. The molecular formula is C22H24F3N5O. The van der Waals surface area contributed by atoms with E-state index in [0.717, 1.165) is 31.4 Å². The van der Waals surface area contributed by atoms with Crippen molar-refractivity contribution in [3.63, 3.8) is 0 Å². The molecule has 4 rings (SSSR count). The Morgan fingerprint density at radius 2 is 2.03 bits per heavy atom. The number of carbonyl (C=O) groups excluding carboxylic acids is 1. The number of carbonyl (C=O) groups is 1. The van der Waals surface area contributed by atoms with Crippen LogP contribution in [0.15, 0.2) is 43.0 Å². The van der Waals surface area contributed by atoms with Crippen LogP contribution in [0.3, 0.4) is 0 Å². The molecule has 1 N–H and O–H groups in total. The largest absolute Gasteiger partial charge is 0.435 e. The fourth-order valence-corrected chi connectivity index (χ4v) is 4.00. The van der Waals surface area contributed by atoms with E-state index in [1.165, 1.54) is 4.68 Å². The summed E-state index contributed by atoms with van der Waals surface area (Å²) in [5.41, 5.74) is 1.44. The summed E-state index contributed by atoms with van der Waals surface area (Å²) >= 11 is 0. The van der Waals surface area contributed by atoms with Crippen LogP contribution >= 0.6 is 0 Å². The fourth-order valence-electron chi connectivity index (χ4n) is 4.00. The first-order chi connectivity index (χ1) is 14.9. The second-order valence-corrected chi connectivity index (χ2v) is 7.75. The third-order valence-corrected chi connectivity index (χ3v) is 5.48. The molecule has 2 aromatic heterocycles. The van der Waals surface area contributed by atoms with Gasteiger partial charge in [0.1, 0.15) is 0 Å². The maximum absolute atomic E-state index is 13.4. The lowest BCUT2D eigenvalue weighted by atomic mass is 9.95. The molecule has 0 atom stereocenters. The van der Waals surface area contributed by atoms with Crippen molar-refractivity contribution in [2.75, 3.05) is 6.54 Å². The Balaban J connectivity index is 1.43. The number of halogens is 3. The molecule has 0 radical (unpaired) electrons. The maximum atomic E-state index is 13.4. The Morgan fingerprint density at radius 3 is 2.81 bits per heavy atom. The minimum absolute atomic E-state index is 0.203. The Bertz CT molecular complexity index is 1040. The highest BCUT2D eigenvalue weighted by atomic mass is 19.4. The number of aromatic nitrogens is 4. The predicted octanol–water partition coefficient (Wildman–Crippen LogP) is 3.85. The van der Waals surface area contributed by atoms with Crippen LogP contribution in [-0.4, -0.2) is 31.8 Å². The number of hydrogen-bond donors (Lipinski definition) is 1. The first kappa shape index (κ1) is 21.1. The number of hydrogen-bond acceptors (Lipinski definition) is 3. The second kappa shape index (κ2) is 8.95. The van der Waals surface area contributed by atoms with Crippen LogP contribution in [0, 0.1) is 0 Å². The summed E-state index contributed by atoms with van der Waals surface area (Å²) in [5.74, 6) is -0.203. The zero-order chi connectivity index (χ0) is 21.8. The number of nitrogens with zero attached hydrogens (tertiary/aromatic N) is 4. The van der Waals surface area contributed by atoms with E-state index < -0.39 is 11.9 Å². The van der Waals surface area contributed by atoms with Crippen LogP contribution in [-0.2, 0) is 32.1 Å². The molecule has 6 nitrogen and oxygen atoms in total. The highest BCUT2D eigenvalue weighted by molar-refractivity contribution is 5.94. The summed E-state index contributed by atoms with van der Waals surface area (Å²) in [6.45, 7) is 1.48. The first-order valence-corrected chi connectivity index (χ1v) is 10.4. The summed E-state index contributed by atoms with van der Waals surface area (Å²) in [6, 6.07) is 6.97. The van der Waals surface area contributed by atoms with Crippen molar-refractivity contribution in [3.8, 4) is 0 Å². The number of alkyl halides is 3. The Hall–Kier alpha value is -3.10. The highest BCUT2D eigenvalue weighted by Gasteiger charge is 2.39. The molecule has 0 spiro atoms. The summed E-state index contributed by atoms with van der Waals surface area (Å²) in [7, 11) is 0. The van der Waals surface area contributed by atoms with Gasteiger partial charge in [-0.05, 0) is 49.8 Å².